The van der Waals surface area contributed by atoms with Gasteiger partial charge in [0.2, 0.25) is 0 Å². The summed E-state index contributed by atoms with van der Waals surface area (Å²) in [6.07, 6.45) is 12.9. The molecule has 0 saturated carbocycles. The first kappa shape index (κ1) is 8.54. The van der Waals surface area contributed by atoms with E-state index in [1.807, 2.05) is 6.20 Å². The normalized spacial score (nSPS) is 26.4. The SMILES string of the molecule is C1=CC2NC=Cc3ccccc3C2C=C1. The molecule has 0 bridgehead atoms. The lowest BCUT2D eigenvalue weighted by atomic mass is 9.86. The van der Waals surface area contributed by atoms with Crippen molar-refractivity contribution in [2.75, 3.05) is 0 Å². The highest BCUT2D eigenvalue weighted by molar-refractivity contribution is 5.58. The summed E-state index contributed by atoms with van der Waals surface area (Å²) in [7, 11) is 0. The molecular formula is C14H13N. The topological polar surface area (TPSA) is 12.0 Å². The molecule has 0 aromatic heterocycles. The highest BCUT2D eigenvalue weighted by atomic mass is 14.9. The van der Waals surface area contributed by atoms with E-state index < -0.39 is 0 Å². The average molecular weight is 195 g/mol. The van der Waals surface area contributed by atoms with Crippen LogP contribution in [0.1, 0.15) is 17.0 Å². The number of allylic oxidation sites excluding steroid dienone is 2. The van der Waals surface area contributed by atoms with Crippen molar-refractivity contribution >= 4 is 6.08 Å². The Morgan fingerprint density at radius 3 is 2.87 bits per heavy atom. The average Bonchev–Trinajstić information content (AvgIpc) is 2.48. The molecule has 1 N–H and O–H groups in total. The molecule has 15 heavy (non-hydrogen) atoms. The Hall–Kier alpha value is -1.76. The Bertz CT molecular complexity index is 454. The molecule has 2 atom stereocenters. The number of rotatable bonds is 0. The van der Waals surface area contributed by atoms with Gasteiger partial charge < -0.3 is 5.32 Å². The number of benzene rings is 1. The predicted molar refractivity (Wildman–Crippen MR) is 63.4 cm³/mol. The van der Waals surface area contributed by atoms with Gasteiger partial charge in [0.05, 0.1) is 6.04 Å². The fourth-order valence-corrected chi connectivity index (χ4v) is 2.28. The lowest BCUT2D eigenvalue weighted by Gasteiger charge is -2.24. The Labute approximate surface area is 89.8 Å². The van der Waals surface area contributed by atoms with Crippen molar-refractivity contribution in [1.29, 1.82) is 0 Å². The van der Waals surface area contributed by atoms with Crippen LogP contribution < -0.4 is 5.32 Å². The van der Waals surface area contributed by atoms with Gasteiger partial charge in [0, 0.05) is 5.92 Å². The first-order valence-corrected chi connectivity index (χ1v) is 5.32. The molecule has 1 nitrogen and oxygen atoms in total. The van der Waals surface area contributed by atoms with Crippen LogP contribution >= 0.6 is 0 Å². The summed E-state index contributed by atoms with van der Waals surface area (Å²) < 4.78 is 0. The Kier molecular flexibility index (Phi) is 1.95. The second-order valence-electron chi connectivity index (χ2n) is 3.95. The van der Waals surface area contributed by atoms with Crippen molar-refractivity contribution in [2.45, 2.75) is 12.0 Å². The molecular weight excluding hydrogens is 182 g/mol. The van der Waals surface area contributed by atoms with Crippen LogP contribution in [0, 0.1) is 0 Å². The third-order valence-electron chi connectivity index (χ3n) is 3.04. The molecule has 0 spiro atoms. The quantitative estimate of drug-likeness (QED) is 0.671. The largest absolute Gasteiger partial charge is 0.384 e. The molecule has 2 aliphatic rings. The fraction of sp³-hybridized carbons (Fsp3) is 0.143. The molecule has 3 rings (SSSR count). The van der Waals surface area contributed by atoms with E-state index in [0.717, 1.165) is 0 Å². The summed E-state index contributed by atoms with van der Waals surface area (Å²) in [5, 5.41) is 3.41. The van der Waals surface area contributed by atoms with Crippen LogP contribution in [0.25, 0.3) is 6.08 Å². The van der Waals surface area contributed by atoms with Crippen LogP contribution in [0.4, 0.5) is 0 Å². The van der Waals surface area contributed by atoms with E-state index in [-0.39, 0.29) is 0 Å². The van der Waals surface area contributed by atoms with Crippen LogP contribution in [0.5, 0.6) is 0 Å². The highest BCUT2D eigenvalue weighted by Gasteiger charge is 2.22. The summed E-state index contributed by atoms with van der Waals surface area (Å²) in [6.45, 7) is 0. The van der Waals surface area contributed by atoms with Gasteiger partial charge >= 0.3 is 0 Å². The highest BCUT2D eigenvalue weighted by Crippen LogP contribution is 2.30. The van der Waals surface area contributed by atoms with Crippen molar-refractivity contribution in [2.24, 2.45) is 0 Å². The van der Waals surface area contributed by atoms with Gasteiger partial charge in [-0.15, -0.1) is 0 Å². The molecule has 1 aliphatic carbocycles. The molecule has 1 aromatic carbocycles. The Morgan fingerprint density at radius 1 is 1.00 bits per heavy atom. The molecule has 0 fully saturated rings. The monoisotopic (exact) mass is 195 g/mol. The molecule has 1 heteroatoms. The minimum Gasteiger partial charge on any atom is -0.384 e. The van der Waals surface area contributed by atoms with Gasteiger partial charge in [-0.3, -0.25) is 0 Å². The zero-order valence-electron chi connectivity index (χ0n) is 8.43. The maximum absolute atomic E-state index is 3.41. The van der Waals surface area contributed by atoms with Crippen LogP contribution in [-0.4, -0.2) is 6.04 Å². The zero-order chi connectivity index (χ0) is 10.1. The second kappa shape index (κ2) is 3.43. The Balaban J connectivity index is 2.13. The number of hydrogen-bond acceptors (Lipinski definition) is 1. The number of fused-ring (bicyclic) bond motifs is 3. The summed E-state index contributed by atoms with van der Waals surface area (Å²) in [4.78, 5) is 0. The zero-order valence-corrected chi connectivity index (χ0v) is 8.43. The third kappa shape index (κ3) is 1.40. The summed E-state index contributed by atoms with van der Waals surface area (Å²) in [5.74, 6) is 0.459. The molecule has 74 valence electrons. The summed E-state index contributed by atoms with van der Waals surface area (Å²) in [6, 6.07) is 8.98. The molecule has 0 amide bonds. The minimum absolute atomic E-state index is 0.398. The maximum atomic E-state index is 3.41. The smallest absolute Gasteiger partial charge is 0.0545 e. The van der Waals surface area contributed by atoms with E-state index in [4.69, 9.17) is 0 Å². The molecule has 1 aliphatic heterocycles. The van der Waals surface area contributed by atoms with Gasteiger partial charge in [-0.05, 0) is 23.4 Å². The third-order valence-corrected chi connectivity index (χ3v) is 3.04. The summed E-state index contributed by atoms with van der Waals surface area (Å²) in [5.41, 5.74) is 2.72. The number of hydrogen-bond donors (Lipinski definition) is 1. The van der Waals surface area contributed by atoms with E-state index in [1.54, 1.807) is 0 Å². The number of nitrogens with one attached hydrogen (secondary N) is 1. The van der Waals surface area contributed by atoms with Crippen molar-refractivity contribution in [3.8, 4) is 0 Å². The van der Waals surface area contributed by atoms with Crippen LogP contribution in [0.2, 0.25) is 0 Å². The van der Waals surface area contributed by atoms with Gasteiger partial charge in [0.1, 0.15) is 0 Å². The molecule has 0 saturated heterocycles. The maximum Gasteiger partial charge on any atom is 0.0545 e. The van der Waals surface area contributed by atoms with Crippen LogP contribution in [-0.2, 0) is 0 Å². The molecule has 1 aromatic rings. The van der Waals surface area contributed by atoms with E-state index in [1.165, 1.54) is 11.1 Å². The van der Waals surface area contributed by atoms with Crippen LogP contribution in [0.3, 0.4) is 0 Å². The second-order valence-corrected chi connectivity index (χ2v) is 3.95. The first-order valence-electron chi connectivity index (χ1n) is 5.32. The van der Waals surface area contributed by atoms with Gasteiger partial charge in [0.15, 0.2) is 0 Å². The Morgan fingerprint density at radius 2 is 1.87 bits per heavy atom. The lowest BCUT2D eigenvalue weighted by molar-refractivity contribution is 0.633. The summed E-state index contributed by atoms with van der Waals surface area (Å²) >= 11 is 0. The van der Waals surface area contributed by atoms with E-state index in [9.17, 15) is 0 Å². The molecule has 0 radical (unpaired) electrons. The standard InChI is InChI=1S/C14H13N/c1-2-6-12-11(5-1)9-10-15-14-8-4-3-7-13(12)14/h1-10,13-15H. The van der Waals surface area contributed by atoms with E-state index >= 15 is 0 Å². The van der Waals surface area contributed by atoms with Gasteiger partial charge in [-0.2, -0.15) is 0 Å². The van der Waals surface area contributed by atoms with Gasteiger partial charge in [0.25, 0.3) is 0 Å². The van der Waals surface area contributed by atoms with Gasteiger partial charge in [-0.25, -0.2) is 0 Å². The lowest BCUT2D eigenvalue weighted by Crippen LogP contribution is -2.28. The predicted octanol–water partition coefficient (Wildman–Crippen LogP) is 2.84. The minimum atomic E-state index is 0.398. The van der Waals surface area contributed by atoms with E-state index in [2.05, 4.69) is 60.0 Å². The van der Waals surface area contributed by atoms with Crippen molar-refractivity contribution in [3.05, 3.63) is 65.9 Å². The fourth-order valence-electron chi connectivity index (χ4n) is 2.28. The molecule has 1 heterocycles. The van der Waals surface area contributed by atoms with E-state index in [0.29, 0.717) is 12.0 Å². The first-order chi connectivity index (χ1) is 7.45. The van der Waals surface area contributed by atoms with Crippen molar-refractivity contribution in [3.63, 3.8) is 0 Å². The molecule has 2 unspecified atom stereocenters. The van der Waals surface area contributed by atoms with Gasteiger partial charge in [-0.1, -0.05) is 48.6 Å². The van der Waals surface area contributed by atoms with Crippen LogP contribution in [0.15, 0.2) is 54.8 Å². The van der Waals surface area contributed by atoms with Crippen molar-refractivity contribution < 1.29 is 0 Å². The van der Waals surface area contributed by atoms with Crippen molar-refractivity contribution in [1.82, 2.24) is 5.32 Å².